The van der Waals surface area contributed by atoms with Crippen LogP contribution in [0.5, 0.6) is 0 Å². The zero-order valence-corrected chi connectivity index (χ0v) is 20.8. The van der Waals surface area contributed by atoms with Gasteiger partial charge in [0.25, 0.3) is 0 Å². The first-order valence-electron chi connectivity index (χ1n) is 11.2. The highest BCUT2D eigenvalue weighted by atomic mass is 32.1. The van der Waals surface area contributed by atoms with Gasteiger partial charge in [-0.25, -0.2) is 4.98 Å². The van der Waals surface area contributed by atoms with Crippen molar-refractivity contribution in [2.24, 2.45) is 0 Å². The molecular weight excluding hydrogens is 456 g/mol. The van der Waals surface area contributed by atoms with E-state index in [1.54, 1.807) is 25.3 Å². The quantitative estimate of drug-likeness (QED) is 0.554. The predicted octanol–water partition coefficient (Wildman–Crippen LogP) is 1.58. The Labute approximate surface area is 203 Å². The summed E-state index contributed by atoms with van der Waals surface area (Å²) in [7, 11) is 3.06. The topological polar surface area (TPSA) is 112 Å². The van der Waals surface area contributed by atoms with Crippen LogP contribution in [0.1, 0.15) is 31.0 Å². The summed E-state index contributed by atoms with van der Waals surface area (Å²) in [5.41, 5.74) is 4.79. The molecule has 0 aliphatic carbocycles. The number of β-amino-alcohol motifs (C(OH)–C–C–N with tert-alkyl or cyclic N) is 1. The van der Waals surface area contributed by atoms with Crippen LogP contribution in [-0.4, -0.2) is 83.1 Å². The van der Waals surface area contributed by atoms with Crippen molar-refractivity contribution in [2.75, 3.05) is 27.3 Å². The first kappa shape index (κ1) is 25.8. The number of aliphatic hydroxyl groups excluding tert-OH is 1. The van der Waals surface area contributed by atoms with Gasteiger partial charge in [-0.15, -0.1) is 11.3 Å². The maximum absolute atomic E-state index is 13.1. The molecule has 3 unspecified atom stereocenters. The summed E-state index contributed by atoms with van der Waals surface area (Å²) >= 11 is 1.58. The van der Waals surface area contributed by atoms with E-state index in [-0.39, 0.29) is 43.7 Å². The number of amides is 3. The minimum Gasteiger partial charge on any atom is -0.391 e. The van der Waals surface area contributed by atoms with Gasteiger partial charge in [-0.2, -0.15) is 0 Å². The van der Waals surface area contributed by atoms with Gasteiger partial charge < -0.3 is 25.0 Å². The number of likely N-dealkylation sites (N-methyl/N-ethyl adjacent to an activating group) is 1. The van der Waals surface area contributed by atoms with Crippen LogP contribution in [0.4, 0.5) is 0 Å². The van der Waals surface area contributed by atoms with E-state index < -0.39 is 18.2 Å². The number of hydrogen-bond donors (Lipinski definition) is 2. The molecule has 10 heteroatoms. The zero-order chi connectivity index (χ0) is 24.8. The highest BCUT2D eigenvalue weighted by Crippen LogP contribution is 2.27. The highest BCUT2D eigenvalue weighted by molar-refractivity contribution is 7.13. The molecule has 2 heterocycles. The molecule has 1 saturated heterocycles. The number of thiazole rings is 1. The number of ether oxygens (including phenoxy) is 1. The van der Waals surface area contributed by atoms with Crippen LogP contribution < -0.4 is 5.32 Å². The number of aromatic nitrogens is 1. The van der Waals surface area contributed by atoms with Gasteiger partial charge in [0, 0.05) is 33.7 Å². The van der Waals surface area contributed by atoms with E-state index in [1.165, 1.54) is 16.9 Å². The normalized spacial score (nSPS) is 18.6. The molecule has 2 N–H and O–H groups in total. The van der Waals surface area contributed by atoms with E-state index in [0.717, 1.165) is 21.7 Å². The van der Waals surface area contributed by atoms with Crippen LogP contribution >= 0.6 is 11.3 Å². The second-order valence-electron chi connectivity index (χ2n) is 8.50. The fraction of sp³-hybridized carbons (Fsp3) is 0.500. The smallest absolute Gasteiger partial charge is 0.245 e. The second kappa shape index (κ2) is 11.5. The molecule has 3 rings (SSSR count). The van der Waals surface area contributed by atoms with Crippen molar-refractivity contribution in [2.45, 2.75) is 51.4 Å². The van der Waals surface area contributed by atoms with Crippen molar-refractivity contribution in [3.63, 3.8) is 0 Å². The van der Waals surface area contributed by atoms with Crippen molar-refractivity contribution >= 4 is 29.1 Å². The Kier molecular flexibility index (Phi) is 8.76. The van der Waals surface area contributed by atoms with Gasteiger partial charge in [0.2, 0.25) is 17.7 Å². The SMILES string of the molecule is COCCC(=O)N(C)C(C)C(=O)N1CC(O)CC1C(=O)NCc1ccc(-c2scnc2C)cc1. The number of aryl methyl sites for hydroxylation is 1. The van der Waals surface area contributed by atoms with Crippen molar-refractivity contribution in [1.29, 1.82) is 0 Å². The number of benzene rings is 1. The molecule has 184 valence electrons. The number of nitrogens with zero attached hydrogens (tertiary/aromatic N) is 3. The van der Waals surface area contributed by atoms with Crippen molar-refractivity contribution < 1.29 is 24.2 Å². The Morgan fingerprint density at radius 2 is 2.03 bits per heavy atom. The average molecular weight is 489 g/mol. The minimum atomic E-state index is -0.789. The lowest BCUT2D eigenvalue weighted by Crippen LogP contribution is -2.53. The summed E-state index contributed by atoms with van der Waals surface area (Å²) in [5, 5.41) is 13.0. The van der Waals surface area contributed by atoms with Gasteiger partial charge in [0.05, 0.1) is 35.2 Å². The molecule has 0 spiro atoms. The second-order valence-corrected chi connectivity index (χ2v) is 9.36. The maximum atomic E-state index is 13.1. The third-order valence-corrected chi connectivity index (χ3v) is 7.12. The monoisotopic (exact) mass is 488 g/mol. The van der Waals surface area contributed by atoms with E-state index in [9.17, 15) is 19.5 Å². The van der Waals surface area contributed by atoms with Gasteiger partial charge >= 0.3 is 0 Å². The van der Waals surface area contributed by atoms with E-state index in [0.29, 0.717) is 6.54 Å². The van der Waals surface area contributed by atoms with E-state index in [4.69, 9.17) is 4.74 Å². The first-order valence-corrected chi connectivity index (χ1v) is 12.1. The summed E-state index contributed by atoms with van der Waals surface area (Å²) in [4.78, 5) is 46.4. The lowest BCUT2D eigenvalue weighted by molar-refractivity contribution is -0.147. The molecule has 9 nitrogen and oxygen atoms in total. The zero-order valence-electron chi connectivity index (χ0n) is 20.0. The van der Waals surface area contributed by atoms with E-state index in [1.807, 2.05) is 36.7 Å². The Morgan fingerprint density at radius 3 is 2.65 bits per heavy atom. The van der Waals surface area contributed by atoms with Gasteiger partial charge in [-0.1, -0.05) is 24.3 Å². The van der Waals surface area contributed by atoms with Gasteiger partial charge in [-0.05, 0) is 25.0 Å². The van der Waals surface area contributed by atoms with Crippen LogP contribution in [0, 0.1) is 6.92 Å². The third kappa shape index (κ3) is 5.99. The Balaban J connectivity index is 1.60. The van der Waals surface area contributed by atoms with Gasteiger partial charge in [0.1, 0.15) is 12.1 Å². The molecular formula is C24H32N4O5S. The van der Waals surface area contributed by atoms with Gasteiger partial charge in [-0.3, -0.25) is 14.4 Å². The molecule has 1 aliphatic heterocycles. The first-order chi connectivity index (χ1) is 16.2. The Bertz CT molecular complexity index is 1010. The molecule has 2 aromatic rings. The van der Waals surface area contributed by atoms with E-state index in [2.05, 4.69) is 10.3 Å². The largest absolute Gasteiger partial charge is 0.391 e. The average Bonchev–Trinajstić information content (AvgIpc) is 3.45. The molecule has 1 aromatic carbocycles. The molecule has 34 heavy (non-hydrogen) atoms. The van der Waals surface area contributed by atoms with E-state index >= 15 is 0 Å². The standard InChI is InChI=1S/C24H32N4O5S/c1-15-22(34-14-26-15)18-7-5-17(6-8-18)12-25-23(31)20-11-19(29)13-28(20)24(32)16(2)27(3)21(30)9-10-33-4/h5-8,14,16,19-20,29H,9-13H2,1-4H3,(H,25,31). The van der Waals surface area contributed by atoms with Crippen LogP contribution in [0.15, 0.2) is 29.8 Å². The predicted molar refractivity (Wildman–Crippen MR) is 129 cm³/mol. The van der Waals surface area contributed by atoms with Crippen LogP contribution in [-0.2, 0) is 25.7 Å². The lowest BCUT2D eigenvalue weighted by Gasteiger charge is -2.31. The number of nitrogens with one attached hydrogen (secondary N) is 1. The Hall–Kier alpha value is -2.82. The van der Waals surface area contributed by atoms with Gasteiger partial charge in [0.15, 0.2) is 0 Å². The third-order valence-electron chi connectivity index (χ3n) is 6.14. The molecule has 3 atom stereocenters. The summed E-state index contributed by atoms with van der Waals surface area (Å²) in [6.07, 6.45) is -0.461. The molecule has 0 radical (unpaired) electrons. The van der Waals surface area contributed by atoms with Crippen molar-refractivity contribution in [3.8, 4) is 10.4 Å². The number of hydrogen-bond acceptors (Lipinski definition) is 7. The molecule has 1 aliphatic rings. The summed E-state index contributed by atoms with van der Waals surface area (Å²) in [5.74, 6) is -0.914. The molecule has 1 fully saturated rings. The van der Waals surface area contributed by atoms with Crippen LogP contribution in [0.2, 0.25) is 0 Å². The number of likely N-dealkylation sites (tertiary alicyclic amines) is 1. The molecule has 0 saturated carbocycles. The number of methoxy groups -OCH3 is 1. The number of aliphatic hydroxyl groups is 1. The van der Waals surface area contributed by atoms with Crippen LogP contribution in [0.25, 0.3) is 10.4 Å². The summed E-state index contributed by atoms with van der Waals surface area (Å²) < 4.78 is 4.93. The summed E-state index contributed by atoms with van der Waals surface area (Å²) in [6, 6.07) is 6.34. The molecule has 3 amide bonds. The number of carbonyl (C=O) groups excluding carboxylic acids is 3. The summed E-state index contributed by atoms with van der Waals surface area (Å²) in [6.45, 7) is 4.23. The number of rotatable bonds is 9. The Morgan fingerprint density at radius 1 is 1.32 bits per heavy atom. The maximum Gasteiger partial charge on any atom is 0.245 e. The lowest BCUT2D eigenvalue weighted by atomic mass is 10.1. The van der Waals surface area contributed by atoms with Crippen LogP contribution in [0.3, 0.4) is 0 Å². The van der Waals surface area contributed by atoms with Crippen molar-refractivity contribution in [3.05, 3.63) is 41.0 Å². The minimum absolute atomic E-state index is 0.0598. The number of carbonyl (C=O) groups is 3. The fourth-order valence-corrected chi connectivity index (χ4v) is 4.76. The highest BCUT2D eigenvalue weighted by Gasteiger charge is 2.41. The van der Waals surface area contributed by atoms with Crippen molar-refractivity contribution in [1.82, 2.24) is 20.1 Å². The molecule has 0 bridgehead atoms. The molecule has 1 aromatic heterocycles. The fourth-order valence-electron chi connectivity index (χ4n) is 3.95.